The summed E-state index contributed by atoms with van der Waals surface area (Å²) < 4.78 is 0. The first-order valence-electron chi connectivity index (χ1n) is 5.92. The van der Waals surface area contributed by atoms with Crippen LogP contribution in [0.25, 0.3) is 0 Å². The molecule has 2 atom stereocenters. The molecule has 0 spiro atoms. The summed E-state index contributed by atoms with van der Waals surface area (Å²) in [6, 6.07) is 0. The number of hydrogen-bond donors (Lipinski definition) is 1. The predicted octanol–water partition coefficient (Wildman–Crippen LogP) is 3.48. The summed E-state index contributed by atoms with van der Waals surface area (Å²) in [5.74, 6) is 0.546. The highest BCUT2D eigenvalue weighted by molar-refractivity contribution is 5.73. The van der Waals surface area contributed by atoms with E-state index in [4.69, 9.17) is 5.11 Å². The lowest BCUT2D eigenvalue weighted by Crippen LogP contribution is -2.17. The fourth-order valence-electron chi connectivity index (χ4n) is 2.34. The first kappa shape index (κ1) is 12.3. The molecule has 2 heteroatoms. The molecule has 0 aliphatic heterocycles. The van der Waals surface area contributed by atoms with E-state index in [1.165, 1.54) is 12.8 Å². The molecule has 86 valence electrons. The zero-order valence-electron chi connectivity index (χ0n) is 9.99. The number of hydrogen-bond acceptors (Lipinski definition) is 1. The summed E-state index contributed by atoms with van der Waals surface area (Å²) in [4.78, 5) is 10.8. The van der Waals surface area contributed by atoms with Gasteiger partial charge in [-0.25, -0.2) is 0 Å². The molecule has 0 saturated carbocycles. The monoisotopic (exact) mass is 210 g/mol. The van der Waals surface area contributed by atoms with Gasteiger partial charge in [-0.15, -0.1) is 0 Å². The van der Waals surface area contributed by atoms with E-state index in [1.807, 2.05) is 0 Å². The van der Waals surface area contributed by atoms with Crippen LogP contribution < -0.4 is 0 Å². The summed E-state index contributed by atoms with van der Waals surface area (Å²) in [6.45, 7) is 6.29. The Kier molecular flexibility index (Phi) is 4.37. The van der Waals surface area contributed by atoms with Crippen LogP contribution >= 0.6 is 0 Å². The first-order chi connectivity index (χ1) is 7.00. The molecule has 1 rings (SSSR count). The summed E-state index contributed by atoms with van der Waals surface area (Å²) in [5.41, 5.74) is 1.13. The highest BCUT2D eigenvalue weighted by atomic mass is 16.4. The van der Waals surface area contributed by atoms with Crippen molar-refractivity contribution in [1.29, 1.82) is 0 Å². The van der Waals surface area contributed by atoms with E-state index >= 15 is 0 Å². The van der Waals surface area contributed by atoms with Crippen molar-refractivity contribution < 1.29 is 9.90 Å². The standard InChI is InChI=1S/C13H22O2/c1-9(2)8-11-4-6-12(7-5-11)10(3)13(14)15/h6,9-11H,4-5,7-8H2,1-3H3,(H,14,15)/t10-,11+/m1/s1. The minimum absolute atomic E-state index is 0.287. The molecule has 2 nitrogen and oxygen atoms in total. The number of carbonyl (C=O) groups is 1. The second-order valence-electron chi connectivity index (χ2n) is 5.11. The molecule has 0 aromatic carbocycles. The second kappa shape index (κ2) is 5.34. The van der Waals surface area contributed by atoms with E-state index in [0.29, 0.717) is 0 Å². The smallest absolute Gasteiger partial charge is 0.310 e. The Bertz CT molecular complexity index is 253. The fourth-order valence-corrected chi connectivity index (χ4v) is 2.34. The normalized spacial score (nSPS) is 23.7. The number of carboxylic acids is 1. The van der Waals surface area contributed by atoms with Gasteiger partial charge in [0.05, 0.1) is 5.92 Å². The first-order valence-corrected chi connectivity index (χ1v) is 5.92. The highest BCUT2D eigenvalue weighted by Crippen LogP contribution is 2.31. The van der Waals surface area contributed by atoms with Crippen LogP contribution in [0.5, 0.6) is 0 Å². The van der Waals surface area contributed by atoms with Gasteiger partial charge in [0.15, 0.2) is 0 Å². The molecule has 0 saturated heterocycles. The van der Waals surface area contributed by atoms with Crippen LogP contribution in [0.15, 0.2) is 11.6 Å². The molecule has 0 aromatic heterocycles. The third-order valence-corrected chi connectivity index (χ3v) is 3.29. The van der Waals surface area contributed by atoms with Crippen LogP contribution in [-0.4, -0.2) is 11.1 Å². The van der Waals surface area contributed by atoms with Crippen LogP contribution in [-0.2, 0) is 4.79 Å². The molecule has 1 aliphatic carbocycles. The SMILES string of the molecule is CC(C)C[C@H]1CC=C([C@@H](C)C(=O)O)CC1. The van der Waals surface area contributed by atoms with Gasteiger partial charge in [0.25, 0.3) is 0 Å². The average molecular weight is 210 g/mol. The van der Waals surface area contributed by atoms with Gasteiger partial charge in [0.1, 0.15) is 0 Å². The van der Waals surface area contributed by atoms with Crippen molar-refractivity contribution in [2.45, 2.75) is 46.5 Å². The maximum atomic E-state index is 10.8. The third kappa shape index (κ3) is 3.69. The molecule has 1 aliphatic rings. The molecule has 0 aromatic rings. The van der Waals surface area contributed by atoms with E-state index < -0.39 is 5.97 Å². The van der Waals surface area contributed by atoms with E-state index in [9.17, 15) is 4.79 Å². The van der Waals surface area contributed by atoms with Crippen molar-refractivity contribution in [3.05, 3.63) is 11.6 Å². The molecule has 0 unspecified atom stereocenters. The van der Waals surface area contributed by atoms with Crippen molar-refractivity contribution in [3.63, 3.8) is 0 Å². The Morgan fingerprint density at radius 2 is 2.20 bits per heavy atom. The molecular weight excluding hydrogens is 188 g/mol. The van der Waals surface area contributed by atoms with Gasteiger partial charge in [0, 0.05) is 0 Å². The minimum Gasteiger partial charge on any atom is -0.481 e. The van der Waals surface area contributed by atoms with Crippen LogP contribution in [0.1, 0.15) is 46.5 Å². The van der Waals surface area contributed by atoms with Crippen molar-refractivity contribution in [3.8, 4) is 0 Å². The molecule has 0 fully saturated rings. The lowest BCUT2D eigenvalue weighted by Gasteiger charge is -2.24. The van der Waals surface area contributed by atoms with Crippen molar-refractivity contribution in [1.82, 2.24) is 0 Å². The van der Waals surface area contributed by atoms with Gasteiger partial charge in [-0.05, 0) is 44.4 Å². The molecular formula is C13H22O2. The summed E-state index contributed by atoms with van der Waals surface area (Å²) in [5, 5.41) is 8.90. The minimum atomic E-state index is -0.691. The van der Waals surface area contributed by atoms with Crippen LogP contribution in [0.2, 0.25) is 0 Å². The average Bonchev–Trinajstić information content (AvgIpc) is 2.17. The Labute approximate surface area is 92.4 Å². The second-order valence-corrected chi connectivity index (χ2v) is 5.11. The predicted molar refractivity (Wildman–Crippen MR) is 61.7 cm³/mol. The number of aliphatic carboxylic acids is 1. The highest BCUT2D eigenvalue weighted by Gasteiger charge is 2.22. The zero-order chi connectivity index (χ0) is 11.4. The van der Waals surface area contributed by atoms with Gasteiger partial charge in [-0.3, -0.25) is 4.79 Å². The van der Waals surface area contributed by atoms with Crippen LogP contribution in [0.3, 0.4) is 0 Å². The molecule has 15 heavy (non-hydrogen) atoms. The lowest BCUT2D eigenvalue weighted by molar-refractivity contribution is -0.139. The van der Waals surface area contributed by atoms with Crippen molar-refractivity contribution >= 4 is 5.97 Å². The largest absolute Gasteiger partial charge is 0.481 e. The van der Waals surface area contributed by atoms with Gasteiger partial charge < -0.3 is 5.11 Å². The summed E-state index contributed by atoms with van der Waals surface area (Å²) in [7, 11) is 0. The molecule has 0 radical (unpaired) electrons. The molecule has 0 amide bonds. The van der Waals surface area contributed by atoms with E-state index in [-0.39, 0.29) is 5.92 Å². The maximum Gasteiger partial charge on any atom is 0.310 e. The van der Waals surface area contributed by atoms with Crippen molar-refractivity contribution in [2.24, 2.45) is 17.8 Å². The van der Waals surface area contributed by atoms with Gasteiger partial charge >= 0.3 is 5.97 Å². The van der Waals surface area contributed by atoms with E-state index in [1.54, 1.807) is 6.92 Å². The quantitative estimate of drug-likeness (QED) is 0.721. The Morgan fingerprint density at radius 1 is 1.53 bits per heavy atom. The molecule has 0 bridgehead atoms. The van der Waals surface area contributed by atoms with Gasteiger partial charge in [-0.2, -0.15) is 0 Å². The van der Waals surface area contributed by atoms with Crippen LogP contribution in [0, 0.1) is 17.8 Å². The Hall–Kier alpha value is -0.790. The third-order valence-electron chi connectivity index (χ3n) is 3.29. The van der Waals surface area contributed by atoms with Crippen molar-refractivity contribution in [2.75, 3.05) is 0 Å². The lowest BCUT2D eigenvalue weighted by atomic mass is 9.81. The zero-order valence-corrected chi connectivity index (χ0v) is 9.99. The molecule has 0 heterocycles. The number of allylic oxidation sites excluding steroid dienone is 1. The maximum absolute atomic E-state index is 10.8. The molecule has 1 N–H and O–H groups in total. The topological polar surface area (TPSA) is 37.3 Å². The Balaban J connectivity index is 2.48. The number of carboxylic acid groups (broad SMARTS) is 1. The Morgan fingerprint density at radius 3 is 2.60 bits per heavy atom. The summed E-state index contributed by atoms with van der Waals surface area (Å²) in [6.07, 6.45) is 6.65. The summed E-state index contributed by atoms with van der Waals surface area (Å²) >= 11 is 0. The van der Waals surface area contributed by atoms with Gasteiger partial charge in [-0.1, -0.05) is 25.5 Å². The van der Waals surface area contributed by atoms with Gasteiger partial charge in [0.2, 0.25) is 0 Å². The fraction of sp³-hybridized carbons (Fsp3) is 0.769. The number of rotatable bonds is 4. The van der Waals surface area contributed by atoms with Crippen LogP contribution in [0.4, 0.5) is 0 Å². The van der Waals surface area contributed by atoms with E-state index in [2.05, 4.69) is 19.9 Å². The van der Waals surface area contributed by atoms with E-state index in [0.717, 1.165) is 30.3 Å².